The second-order valence-corrected chi connectivity index (χ2v) is 7.20. The number of imidazole rings is 1. The Balaban J connectivity index is 1.70. The molecule has 0 unspecified atom stereocenters. The van der Waals surface area contributed by atoms with Crippen molar-refractivity contribution >= 4 is 17.1 Å². The Morgan fingerprint density at radius 1 is 1.09 bits per heavy atom. The van der Waals surface area contributed by atoms with Gasteiger partial charge in [-0.1, -0.05) is 24.3 Å². The van der Waals surface area contributed by atoms with Gasteiger partial charge in [0.25, 0.3) is 5.91 Å². The van der Waals surface area contributed by atoms with Gasteiger partial charge in [0.2, 0.25) is 5.75 Å². The first-order valence-electron chi connectivity index (χ1n) is 10.2. The number of ether oxygens (including phenoxy) is 3. The van der Waals surface area contributed by atoms with Crippen LogP contribution in [0, 0.1) is 6.92 Å². The van der Waals surface area contributed by atoms with E-state index in [1.165, 1.54) is 21.3 Å². The fourth-order valence-corrected chi connectivity index (χ4v) is 3.74. The third-order valence-electron chi connectivity index (χ3n) is 5.35. The van der Waals surface area contributed by atoms with Crippen LogP contribution in [0.1, 0.15) is 28.2 Å². The van der Waals surface area contributed by atoms with Crippen molar-refractivity contribution in [2.75, 3.05) is 21.3 Å². The van der Waals surface area contributed by atoms with E-state index in [2.05, 4.69) is 11.4 Å². The molecule has 0 saturated heterocycles. The molecule has 0 bridgehead atoms. The molecule has 0 spiro atoms. The van der Waals surface area contributed by atoms with Gasteiger partial charge in [-0.15, -0.1) is 0 Å². The first-order chi connectivity index (χ1) is 15.6. The third kappa shape index (κ3) is 3.85. The summed E-state index contributed by atoms with van der Waals surface area (Å²) in [6, 6.07) is 9.14. The number of fused-ring (bicyclic) bond motifs is 1. The van der Waals surface area contributed by atoms with Gasteiger partial charge < -0.3 is 23.9 Å². The molecule has 32 heavy (non-hydrogen) atoms. The van der Waals surface area contributed by atoms with E-state index < -0.39 is 0 Å². The van der Waals surface area contributed by atoms with Crippen molar-refractivity contribution in [2.24, 2.45) is 0 Å². The maximum absolute atomic E-state index is 13.2. The summed E-state index contributed by atoms with van der Waals surface area (Å²) in [6.45, 7) is 2.02. The topological polar surface area (TPSA) is 74.1 Å². The van der Waals surface area contributed by atoms with E-state index in [0.29, 0.717) is 28.5 Å². The molecular weight excluding hydrogens is 406 g/mol. The molecule has 7 nitrogen and oxygen atoms in total. The summed E-state index contributed by atoms with van der Waals surface area (Å²) in [4.78, 5) is 18.0. The Hall–Kier alpha value is -4.00. The number of methoxy groups -OCH3 is 3. The van der Waals surface area contributed by atoms with Gasteiger partial charge in [-0.2, -0.15) is 0 Å². The normalized spacial score (nSPS) is 13.2. The van der Waals surface area contributed by atoms with Crippen molar-refractivity contribution in [2.45, 2.75) is 13.3 Å². The Kier molecular flexibility index (Phi) is 5.98. The molecule has 1 aliphatic carbocycles. The number of amides is 1. The standard InChI is InChI=1S/C25H25N3O4/c1-16-23(27-22-12-8-9-13-28(16)22)18-10-6-5-7-11-19(18)26-25(29)17-14-20(30-2)24(32-4)21(15-17)31-3/h5,7-15H,6H2,1-4H3,(H,26,29). The van der Waals surface area contributed by atoms with E-state index in [-0.39, 0.29) is 5.91 Å². The highest BCUT2D eigenvalue weighted by molar-refractivity contribution is 5.99. The van der Waals surface area contributed by atoms with E-state index in [9.17, 15) is 4.79 Å². The zero-order chi connectivity index (χ0) is 22.7. The number of nitrogens with one attached hydrogen (secondary N) is 1. The third-order valence-corrected chi connectivity index (χ3v) is 5.35. The lowest BCUT2D eigenvalue weighted by Crippen LogP contribution is -2.24. The van der Waals surface area contributed by atoms with Gasteiger partial charge >= 0.3 is 0 Å². The average Bonchev–Trinajstić information content (AvgIpc) is 2.99. The Morgan fingerprint density at radius 3 is 2.50 bits per heavy atom. The first-order valence-corrected chi connectivity index (χ1v) is 10.2. The lowest BCUT2D eigenvalue weighted by molar-refractivity contribution is 0.0966. The average molecular weight is 431 g/mol. The zero-order valence-electron chi connectivity index (χ0n) is 18.5. The van der Waals surface area contributed by atoms with Gasteiger partial charge in [0.15, 0.2) is 11.5 Å². The minimum Gasteiger partial charge on any atom is -0.493 e. The van der Waals surface area contributed by atoms with Crippen LogP contribution in [0.25, 0.3) is 11.2 Å². The summed E-state index contributed by atoms with van der Waals surface area (Å²) in [5.41, 5.74) is 4.62. The monoisotopic (exact) mass is 431 g/mol. The number of hydrogen-bond acceptors (Lipinski definition) is 5. The molecule has 3 aromatic rings. The van der Waals surface area contributed by atoms with Crippen molar-refractivity contribution in [3.05, 3.63) is 83.5 Å². The van der Waals surface area contributed by atoms with Crippen LogP contribution in [0.3, 0.4) is 0 Å². The predicted octanol–water partition coefficient (Wildman–Crippen LogP) is 4.33. The summed E-state index contributed by atoms with van der Waals surface area (Å²) in [5.74, 6) is 0.972. The fraction of sp³-hybridized carbons (Fsp3) is 0.200. The summed E-state index contributed by atoms with van der Waals surface area (Å²) in [5, 5.41) is 3.04. The molecule has 1 aromatic carbocycles. The zero-order valence-corrected chi connectivity index (χ0v) is 18.5. The molecule has 2 aromatic heterocycles. The number of carbonyl (C=O) groups excluding carboxylic acids is 1. The smallest absolute Gasteiger partial charge is 0.255 e. The van der Waals surface area contributed by atoms with E-state index in [1.54, 1.807) is 12.1 Å². The summed E-state index contributed by atoms with van der Waals surface area (Å²) in [6.07, 6.45) is 10.6. The molecule has 0 aliphatic heterocycles. The Morgan fingerprint density at radius 2 is 1.84 bits per heavy atom. The summed E-state index contributed by atoms with van der Waals surface area (Å²) in [7, 11) is 4.56. The van der Waals surface area contributed by atoms with E-state index in [1.807, 2.05) is 53.9 Å². The molecule has 1 aliphatic rings. The van der Waals surface area contributed by atoms with Crippen LogP contribution < -0.4 is 19.5 Å². The van der Waals surface area contributed by atoms with Crippen LogP contribution >= 0.6 is 0 Å². The van der Waals surface area contributed by atoms with Gasteiger partial charge in [0.05, 0.1) is 32.7 Å². The summed E-state index contributed by atoms with van der Waals surface area (Å²) >= 11 is 0. The number of aromatic nitrogens is 2. The second-order valence-electron chi connectivity index (χ2n) is 7.20. The van der Waals surface area contributed by atoms with Crippen molar-refractivity contribution in [1.82, 2.24) is 14.7 Å². The van der Waals surface area contributed by atoms with Gasteiger partial charge in [-0.3, -0.25) is 4.79 Å². The Labute approximate surface area is 186 Å². The molecule has 0 fully saturated rings. The minimum absolute atomic E-state index is 0.293. The second kappa shape index (κ2) is 9.01. The van der Waals surface area contributed by atoms with Gasteiger partial charge in [-0.05, 0) is 43.7 Å². The lowest BCUT2D eigenvalue weighted by atomic mass is 10.1. The summed E-state index contributed by atoms with van der Waals surface area (Å²) < 4.78 is 18.2. The number of aryl methyl sites for hydroxylation is 1. The van der Waals surface area contributed by atoms with Crippen LogP contribution in [0.5, 0.6) is 17.2 Å². The molecular formula is C25H25N3O4. The van der Waals surface area contributed by atoms with E-state index in [0.717, 1.165) is 29.0 Å². The number of benzene rings is 1. The number of allylic oxidation sites excluding steroid dienone is 5. The largest absolute Gasteiger partial charge is 0.493 e. The van der Waals surface area contributed by atoms with Crippen LogP contribution in [0.4, 0.5) is 0 Å². The maximum atomic E-state index is 13.2. The highest BCUT2D eigenvalue weighted by Gasteiger charge is 2.21. The van der Waals surface area contributed by atoms with Crippen LogP contribution in [0.2, 0.25) is 0 Å². The van der Waals surface area contributed by atoms with Crippen molar-refractivity contribution in [3.63, 3.8) is 0 Å². The van der Waals surface area contributed by atoms with Crippen molar-refractivity contribution in [1.29, 1.82) is 0 Å². The fourth-order valence-electron chi connectivity index (χ4n) is 3.74. The molecule has 0 saturated carbocycles. The molecule has 0 atom stereocenters. The SMILES string of the molecule is COc1cc(C(=O)NC2=CC=CCC=C2c2nc3ccccn3c2C)cc(OC)c1OC. The van der Waals surface area contributed by atoms with Crippen molar-refractivity contribution < 1.29 is 19.0 Å². The van der Waals surface area contributed by atoms with Crippen LogP contribution in [-0.2, 0) is 0 Å². The molecule has 7 heteroatoms. The van der Waals surface area contributed by atoms with Crippen LogP contribution in [-0.4, -0.2) is 36.6 Å². The van der Waals surface area contributed by atoms with Gasteiger partial charge in [-0.25, -0.2) is 4.98 Å². The van der Waals surface area contributed by atoms with Crippen molar-refractivity contribution in [3.8, 4) is 17.2 Å². The number of nitrogens with zero attached hydrogens (tertiary/aromatic N) is 2. The lowest BCUT2D eigenvalue weighted by Gasteiger charge is -2.16. The molecule has 2 heterocycles. The highest BCUT2D eigenvalue weighted by atomic mass is 16.5. The molecule has 1 amide bonds. The molecule has 0 radical (unpaired) electrons. The number of pyridine rings is 1. The predicted molar refractivity (Wildman–Crippen MR) is 123 cm³/mol. The molecule has 1 N–H and O–H groups in total. The molecule has 4 rings (SSSR count). The Bertz CT molecular complexity index is 1240. The quantitative estimate of drug-likeness (QED) is 0.629. The minimum atomic E-state index is -0.293. The van der Waals surface area contributed by atoms with Crippen LogP contribution in [0.15, 0.2) is 66.5 Å². The first kappa shape index (κ1) is 21.2. The number of rotatable bonds is 6. The number of hydrogen-bond donors (Lipinski definition) is 1. The van der Waals surface area contributed by atoms with Gasteiger partial charge in [0.1, 0.15) is 5.65 Å². The highest BCUT2D eigenvalue weighted by Crippen LogP contribution is 2.38. The number of carbonyl (C=O) groups is 1. The van der Waals surface area contributed by atoms with E-state index >= 15 is 0 Å². The van der Waals surface area contributed by atoms with E-state index in [4.69, 9.17) is 19.2 Å². The maximum Gasteiger partial charge on any atom is 0.255 e. The van der Waals surface area contributed by atoms with Gasteiger partial charge in [0, 0.05) is 23.0 Å². The molecule has 164 valence electrons.